The minimum absolute atomic E-state index is 0.649. The van der Waals surface area contributed by atoms with Gasteiger partial charge in [-0.2, -0.15) is 11.8 Å². The minimum Gasteiger partial charge on any atom is -0.384 e. The highest BCUT2D eigenvalue weighted by Gasteiger charge is 2.28. The molecule has 1 fully saturated rings. The first-order valence-corrected chi connectivity index (χ1v) is 7.01. The van der Waals surface area contributed by atoms with Crippen LogP contribution in [0.15, 0.2) is 0 Å². The highest BCUT2D eigenvalue weighted by molar-refractivity contribution is 7.98. The topological polar surface area (TPSA) is 43.8 Å². The lowest BCUT2D eigenvalue weighted by Gasteiger charge is -2.06. The second-order valence-electron chi connectivity index (χ2n) is 4.06. The third kappa shape index (κ3) is 2.14. The van der Waals surface area contributed by atoms with Crippen LogP contribution in [0.2, 0.25) is 0 Å². The van der Waals surface area contributed by atoms with Crippen LogP contribution < -0.4 is 5.73 Å². The van der Waals surface area contributed by atoms with E-state index in [1.54, 1.807) is 0 Å². The Kier molecular flexibility index (Phi) is 3.24. The zero-order valence-corrected chi connectivity index (χ0v) is 10.3. The highest BCUT2D eigenvalue weighted by atomic mass is 32.2. The Morgan fingerprint density at radius 2 is 2.27 bits per heavy atom. The maximum atomic E-state index is 6.15. The van der Waals surface area contributed by atoms with Crippen LogP contribution in [-0.2, 0) is 12.8 Å². The molecule has 2 rings (SSSR count). The van der Waals surface area contributed by atoms with Gasteiger partial charge >= 0.3 is 0 Å². The average Bonchev–Trinajstić information content (AvgIpc) is 3.01. The first kappa shape index (κ1) is 10.9. The van der Waals surface area contributed by atoms with Gasteiger partial charge in [-0.15, -0.1) is 0 Å². The van der Waals surface area contributed by atoms with E-state index in [4.69, 9.17) is 5.73 Å². The Morgan fingerprint density at radius 1 is 1.53 bits per heavy atom. The van der Waals surface area contributed by atoms with E-state index in [9.17, 15) is 0 Å². The Morgan fingerprint density at radius 3 is 2.80 bits per heavy atom. The van der Waals surface area contributed by atoms with Gasteiger partial charge in [0.05, 0.1) is 5.69 Å². The molecule has 0 spiro atoms. The van der Waals surface area contributed by atoms with Gasteiger partial charge in [-0.3, -0.25) is 0 Å². The van der Waals surface area contributed by atoms with Gasteiger partial charge in [0.25, 0.3) is 0 Å². The van der Waals surface area contributed by atoms with Crippen molar-refractivity contribution in [2.45, 2.75) is 38.6 Å². The van der Waals surface area contributed by atoms with Crippen molar-refractivity contribution < 1.29 is 0 Å². The first-order chi connectivity index (χ1) is 7.27. The largest absolute Gasteiger partial charge is 0.384 e. The molecule has 0 atom stereocenters. The summed E-state index contributed by atoms with van der Waals surface area (Å²) >= 11 is 1.85. The van der Waals surface area contributed by atoms with Crippen LogP contribution in [0.5, 0.6) is 0 Å². The smallest absolute Gasteiger partial charge is 0.127 e. The summed E-state index contributed by atoms with van der Waals surface area (Å²) in [5.41, 5.74) is 7.26. The monoisotopic (exact) mass is 225 g/mol. The molecule has 1 saturated carbocycles. The molecule has 0 aliphatic heterocycles. The number of imidazole rings is 1. The van der Waals surface area contributed by atoms with Gasteiger partial charge in [0.2, 0.25) is 0 Å². The van der Waals surface area contributed by atoms with Gasteiger partial charge in [0.15, 0.2) is 0 Å². The van der Waals surface area contributed by atoms with Gasteiger partial charge in [0, 0.05) is 18.9 Å². The van der Waals surface area contributed by atoms with Crippen molar-refractivity contribution in [2.24, 2.45) is 0 Å². The highest BCUT2D eigenvalue weighted by Crippen LogP contribution is 2.39. The van der Waals surface area contributed by atoms with E-state index < -0.39 is 0 Å². The summed E-state index contributed by atoms with van der Waals surface area (Å²) in [5, 5.41) is 0. The number of aromatic nitrogens is 2. The summed E-state index contributed by atoms with van der Waals surface area (Å²) in [6.07, 6.45) is 6.65. The molecule has 1 aliphatic rings. The van der Waals surface area contributed by atoms with Crippen molar-refractivity contribution in [3.05, 3.63) is 11.5 Å². The van der Waals surface area contributed by atoms with Crippen molar-refractivity contribution in [1.29, 1.82) is 0 Å². The second kappa shape index (κ2) is 4.47. The van der Waals surface area contributed by atoms with Crippen molar-refractivity contribution in [1.82, 2.24) is 9.55 Å². The number of anilines is 1. The molecule has 0 radical (unpaired) electrons. The van der Waals surface area contributed by atoms with Crippen molar-refractivity contribution in [3.63, 3.8) is 0 Å². The first-order valence-electron chi connectivity index (χ1n) is 5.62. The second-order valence-corrected chi connectivity index (χ2v) is 5.04. The van der Waals surface area contributed by atoms with Crippen molar-refractivity contribution in [3.8, 4) is 0 Å². The average molecular weight is 225 g/mol. The lowest BCUT2D eigenvalue weighted by Crippen LogP contribution is -2.05. The summed E-state index contributed by atoms with van der Waals surface area (Å²) in [6.45, 7) is 2.15. The van der Waals surface area contributed by atoms with E-state index in [1.807, 2.05) is 11.8 Å². The summed E-state index contributed by atoms with van der Waals surface area (Å²) in [7, 11) is 0. The molecule has 0 amide bonds. The molecule has 3 nitrogen and oxygen atoms in total. The zero-order chi connectivity index (χ0) is 10.8. The van der Waals surface area contributed by atoms with Gasteiger partial charge in [-0.05, 0) is 24.9 Å². The molecule has 84 valence electrons. The molecule has 0 saturated heterocycles. The Bertz CT molecular complexity index is 342. The number of hydrogen-bond acceptors (Lipinski definition) is 3. The fraction of sp³-hybridized carbons (Fsp3) is 0.727. The molecular weight excluding hydrogens is 206 g/mol. The molecule has 0 aromatic carbocycles. The molecule has 1 heterocycles. The number of nitrogen functional groups attached to an aromatic ring is 1. The van der Waals surface area contributed by atoms with Gasteiger partial charge < -0.3 is 10.3 Å². The van der Waals surface area contributed by atoms with E-state index in [0.29, 0.717) is 6.04 Å². The molecule has 15 heavy (non-hydrogen) atoms. The SMILES string of the molecule is CCc1nc(CCSC)c(N)n1C1CC1. The maximum absolute atomic E-state index is 6.15. The summed E-state index contributed by atoms with van der Waals surface area (Å²) < 4.78 is 2.26. The van der Waals surface area contributed by atoms with Crippen molar-refractivity contribution >= 4 is 17.6 Å². The van der Waals surface area contributed by atoms with Crippen molar-refractivity contribution in [2.75, 3.05) is 17.7 Å². The lowest BCUT2D eigenvalue weighted by molar-refractivity contribution is 0.696. The Hall–Kier alpha value is -0.640. The van der Waals surface area contributed by atoms with Crippen LogP contribution in [0.1, 0.15) is 37.3 Å². The van der Waals surface area contributed by atoms with Gasteiger partial charge in [0.1, 0.15) is 11.6 Å². The zero-order valence-electron chi connectivity index (χ0n) is 9.49. The Balaban J connectivity index is 2.23. The minimum atomic E-state index is 0.649. The lowest BCUT2D eigenvalue weighted by atomic mass is 10.3. The van der Waals surface area contributed by atoms with Gasteiger partial charge in [-0.1, -0.05) is 6.92 Å². The fourth-order valence-corrected chi connectivity index (χ4v) is 2.31. The fourth-order valence-electron chi connectivity index (χ4n) is 1.92. The number of rotatable bonds is 5. The molecule has 1 aliphatic carbocycles. The molecule has 0 unspecified atom stereocenters. The predicted molar refractivity (Wildman–Crippen MR) is 66.4 cm³/mol. The maximum Gasteiger partial charge on any atom is 0.127 e. The molecule has 4 heteroatoms. The quantitative estimate of drug-likeness (QED) is 0.836. The molecule has 1 aromatic rings. The normalized spacial score (nSPS) is 15.9. The summed E-state index contributed by atoms with van der Waals surface area (Å²) in [6, 6.07) is 0.649. The number of nitrogens with zero attached hydrogens (tertiary/aromatic N) is 2. The van der Waals surface area contributed by atoms with E-state index >= 15 is 0 Å². The van der Waals surface area contributed by atoms with Crippen LogP contribution in [0.25, 0.3) is 0 Å². The summed E-state index contributed by atoms with van der Waals surface area (Å²) in [5.74, 6) is 3.20. The van der Waals surface area contributed by atoms with Gasteiger partial charge in [-0.25, -0.2) is 4.98 Å². The number of thioether (sulfide) groups is 1. The van der Waals surface area contributed by atoms with Crippen LogP contribution in [0, 0.1) is 0 Å². The van der Waals surface area contributed by atoms with Crippen LogP contribution in [0.4, 0.5) is 5.82 Å². The predicted octanol–water partition coefficient (Wildman–Crippen LogP) is 2.27. The number of nitrogens with two attached hydrogens (primary N) is 1. The van der Waals surface area contributed by atoms with E-state index in [-0.39, 0.29) is 0 Å². The van der Waals surface area contributed by atoms with Crippen LogP contribution in [0.3, 0.4) is 0 Å². The number of hydrogen-bond donors (Lipinski definition) is 1. The van der Waals surface area contributed by atoms with E-state index in [0.717, 1.165) is 30.1 Å². The summed E-state index contributed by atoms with van der Waals surface area (Å²) in [4.78, 5) is 4.65. The van der Waals surface area contributed by atoms with E-state index in [1.165, 1.54) is 18.7 Å². The Labute approximate surface area is 95.4 Å². The van der Waals surface area contributed by atoms with E-state index in [2.05, 4.69) is 22.7 Å². The standard InChI is InChI=1S/C11H19N3S/c1-3-10-13-9(6-7-15-2)11(12)14(10)8-4-5-8/h8H,3-7,12H2,1-2H3. The third-order valence-corrected chi connectivity index (χ3v) is 3.48. The molecule has 1 aromatic heterocycles. The van der Waals surface area contributed by atoms with Crippen LogP contribution >= 0.6 is 11.8 Å². The third-order valence-electron chi connectivity index (χ3n) is 2.87. The molecule has 0 bridgehead atoms. The van der Waals surface area contributed by atoms with Crippen LogP contribution in [-0.4, -0.2) is 21.6 Å². The molecular formula is C11H19N3S. The number of aryl methyl sites for hydroxylation is 2. The molecule has 2 N–H and O–H groups in total.